The van der Waals surface area contributed by atoms with Crippen LogP contribution in [0.3, 0.4) is 0 Å². The van der Waals surface area contributed by atoms with E-state index in [2.05, 4.69) is 10.2 Å². The van der Waals surface area contributed by atoms with E-state index in [9.17, 15) is 14.9 Å². The summed E-state index contributed by atoms with van der Waals surface area (Å²) < 4.78 is 10.6. The summed E-state index contributed by atoms with van der Waals surface area (Å²) >= 11 is 0. The average Bonchev–Trinajstić information content (AvgIpc) is 3.29. The van der Waals surface area contributed by atoms with Crippen molar-refractivity contribution >= 4 is 11.6 Å². The van der Waals surface area contributed by atoms with E-state index in [4.69, 9.17) is 9.47 Å². The molecule has 1 heterocycles. The van der Waals surface area contributed by atoms with Gasteiger partial charge in [0.1, 0.15) is 5.75 Å². The SMILES string of the molecule is CCOc1ccc(C(=O)NCC(c2cccc(OC)c2)N2CCCC2)cc1[N+](=O)[O-]. The molecule has 1 aliphatic rings. The maximum Gasteiger partial charge on any atom is 0.311 e. The van der Waals surface area contributed by atoms with Gasteiger partial charge in [-0.25, -0.2) is 0 Å². The highest BCUT2D eigenvalue weighted by Crippen LogP contribution is 2.29. The summed E-state index contributed by atoms with van der Waals surface area (Å²) in [6, 6.07) is 12.1. The quantitative estimate of drug-likeness (QED) is 0.499. The average molecular weight is 413 g/mol. The Labute approximate surface area is 175 Å². The smallest absolute Gasteiger partial charge is 0.311 e. The fourth-order valence-electron chi connectivity index (χ4n) is 3.73. The Bertz CT molecular complexity index is 896. The van der Waals surface area contributed by atoms with Crippen LogP contribution in [-0.4, -0.2) is 49.1 Å². The summed E-state index contributed by atoms with van der Waals surface area (Å²) in [6.45, 7) is 4.39. The summed E-state index contributed by atoms with van der Waals surface area (Å²) in [4.78, 5) is 25.9. The van der Waals surface area contributed by atoms with Crippen LogP contribution in [0.4, 0.5) is 5.69 Å². The zero-order chi connectivity index (χ0) is 21.5. The fourth-order valence-corrected chi connectivity index (χ4v) is 3.73. The topological polar surface area (TPSA) is 93.9 Å². The molecule has 0 bridgehead atoms. The van der Waals surface area contributed by atoms with Gasteiger partial charge in [-0.3, -0.25) is 19.8 Å². The van der Waals surface area contributed by atoms with E-state index in [1.165, 1.54) is 12.1 Å². The Morgan fingerprint density at radius 3 is 2.67 bits per heavy atom. The van der Waals surface area contributed by atoms with Gasteiger partial charge in [-0.2, -0.15) is 0 Å². The van der Waals surface area contributed by atoms with Crippen molar-refractivity contribution in [3.63, 3.8) is 0 Å². The molecule has 2 aromatic carbocycles. The first-order chi connectivity index (χ1) is 14.5. The molecule has 1 fully saturated rings. The molecule has 160 valence electrons. The number of methoxy groups -OCH3 is 1. The standard InChI is InChI=1S/C22H27N3O5/c1-3-30-21-10-9-17(14-19(21)25(27)28)22(26)23-15-20(24-11-4-5-12-24)16-7-6-8-18(13-16)29-2/h6-10,13-14,20H,3-5,11-12,15H2,1-2H3,(H,23,26). The summed E-state index contributed by atoms with van der Waals surface area (Å²) in [7, 11) is 1.63. The van der Waals surface area contributed by atoms with Crippen molar-refractivity contribution in [2.24, 2.45) is 0 Å². The number of nitro benzene ring substituents is 1. The third-order valence-corrected chi connectivity index (χ3v) is 5.23. The zero-order valence-corrected chi connectivity index (χ0v) is 17.3. The number of carbonyl (C=O) groups is 1. The largest absolute Gasteiger partial charge is 0.497 e. The van der Waals surface area contributed by atoms with Gasteiger partial charge in [-0.15, -0.1) is 0 Å². The lowest BCUT2D eigenvalue weighted by Crippen LogP contribution is -2.36. The Morgan fingerprint density at radius 2 is 2.00 bits per heavy atom. The zero-order valence-electron chi connectivity index (χ0n) is 17.3. The third-order valence-electron chi connectivity index (χ3n) is 5.23. The second-order valence-electron chi connectivity index (χ2n) is 7.12. The van der Waals surface area contributed by atoms with Gasteiger partial charge in [-0.05, 0) is 62.7 Å². The fraction of sp³-hybridized carbons (Fsp3) is 0.409. The molecule has 2 aromatic rings. The van der Waals surface area contributed by atoms with Crippen LogP contribution in [-0.2, 0) is 0 Å². The molecule has 0 aromatic heterocycles. The van der Waals surface area contributed by atoms with Gasteiger partial charge in [0, 0.05) is 18.2 Å². The van der Waals surface area contributed by atoms with E-state index < -0.39 is 4.92 Å². The predicted molar refractivity (Wildman–Crippen MR) is 113 cm³/mol. The second-order valence-corrected chi connectivity index (χ2v) is 7.12. The maximum absolute atomic E-state index is 12.7. The number of nitrogens with zero attached hydrogens (tertiary/aromatic N) is 2. The van der Waals surface area contributed by atoms with Crippen molar-refractivity contribution in [1.29, 1.82) is 0 Å². The number of amides is 1. The van der Waals surface area contributed by atoms with Crippen LogP contribution in [0.2, 0.25) is 0 Å². The number of hydrogen-bond acceptors (Lipinski definition) is 6. The van der Waals surface area contributed by atoms with Crippen LogP contribution in [0.5, 0.6) is 11.5 Å². The molecule has 1 amide bonds. The minimum atomic E-state index is -0.537. The summed E-state index contributed by atoms with van der Waals surface area (Å²) in [5.41, 5.74) is 1.08. The number of hydrogen-bond donors (Lipinski definition) is 1. The molecule has 0 aliphatic carbocycles. The molecule has 1 saturated heterocycles. The molecule has 1 aliphatic heterocycles. The van der Waals surface area contributed by atoms with Crippen LogP contribution in [0.15, 0.2) is 42.5 Å². The number of ether oxygens (including phenoxy) is 2. The highest BCUT2D eigenvalue weighted by atomic mass is 16.6. The number of carbonyl (C=O) groups excluding carboxylic acids is 1. The molecular formula is C22H27N3O5. The molecule has 8 nitrogen and oxygen atoms in total. The highest BCUT2D eigenvalue weighted by molar-refractivity contribution is 5.95. The Balaban J connectivity index is 1.77. The van der Waals surface area contributed by atoms with Crippen molar-refractivity contribution in [2.75, 3.05) is 33.4 Å². The second kappa shape index (κ2) is 10.1. The van der Waals surface area contributed by atoms with E-state index in [0.29, 0.717) is 13.2 Å². The van der Waals surface area contributed by atoms with E-state index in [1.54, 1.807) is 20.1 Å². The first-order valence-electron chi connectivity index (χ1n) is 10.1. The number of nitro groups is 1. The van der Waals surface area contributed by atoms with Crippen molar-refractivity contribution < 1.29 is 19.2 Å². The minimum absolute atomic E-state index is 0.00392. The van der Waals surface area contributed by atoms with E-state index in [1.807, 2.05) is 24.3 Å². The molecule has 1 atom stereocenters. The first-order valence-corrected chi connectivity index (χ1v) is 10.1. The molecule has 1 unspecified atom stereocenters. The van der Waals surface area contributed by atoms with Crippen LogP contribution in [0.25, 0.3) is 0 Å². The highest BCUT2D eigenvalue weighted by Gasteiger charge is 2.25. The first kappa shape index (κ1) is 21.6. The van der Waals surface area contributed by atoms with Crippen molar-refractivity contribution in [3.05, 3.63) is 63.7 Å². The molecular weight excluding hydrogens is 386 g/mol. The van der Waals surface area contributed by atoms with Gasteiger partial charge in [0.2, 0.25) is 0 Å². The molecule has 3 rings (SSSR count). The monoisotopic (exact) mass is 413 g/mol. The molecule has 1 N–H and O–H groups in total. The molecule has 8 heteroatoms. The van der Waals surface area contributed by atoms with Crippen molar-refractivity contribution in [3.8, 4) is 11.5 Å². The van der Waals surface area contributed by atoms with E-state index in [-0.39, 0.29) is 28.9 Å². The Hall–Kier alpha value is -3.13. The molecule has 0 spiro atoms. The lowest BCUT2D eigenvalue weighted by atomic mass is 10.0. The number of nitrogens with one attached hydrogen (secondary N) is 1. The van der Waals surface area contributed by atoms with Gasteiger partial charge in [0.25, 0.3) is 5.91 Å². The molecule has 0 saturated carbocycles. The van der Waals surface area contributed by atoms with Crippen LogP contribution in [0.1, 0.15) is 41.7 Å². The number of likely N-dealkylation sites (tertiary alicyclic amines) is 1. The van der Waals surface area contributed by atoms with Gasteiger partial charge in [-0.1, -0.05) is 12.1 Å². The van der Waals surface area contributed by atoms with E-state index in [0.717, 1.165) is 37.2 Å². The lowest BCUT2D eigenvalue weighted by Gasteiger charge is -2.28. The summed E-state index contributed by atoms with van der Waals surface area (Å²) in [6.07, 6.45) is 2.25. The Kier molecular flexibility index (Phi) is 7.24. The predicted octanol–water partition coefficient (Wildman–Crippen LogP) is 3.57. The van der Waals surface area contributed by atoms with Gasteiger partial charge < -0.3 is 14.8 Å². The van der Waals surface area contributed by atoms with Crippen LogP contribution in [0, 0.1) is 10.1 Å². The maximum atomic E-state index is 12.7. The van der Waals surface area contributed by atoms with Crippen molar-refractivity contribution in [2.45, 2.75) is 25.8 Å². The summed E-state index contributed by atoms with van der Waals surface area (Å²) in [5.74, 6) is 0.573. The summed E-state index contributed by atoms with van der Waals surface area (Å²) in [5, 5.41) is 14.3. The van der Waals surface area contributed by atoms with E-state index >= 15 is 0 Å². The molecule has 30 heavy (non-hydrogen) atoms. The normalized spacial score (nSPS) is 14.9. The number of benzene rings is 2. The molecule has 0 radical (unpaired) electrons. The Morgan fingerprint density at radius 1 is 1.23 bits per heavy atom. The third kappa shape index (κ3) is 5.07. The number of rotatable bonds is 9. The van der Waals surface area contributed by atoms with Crippen molar-refractivity contribution in [1.82, 2.24) is 10.2 Å². The van der Waals surface area contributed by atoms with Crippen LogP contribution < -0.4 is 14.8 Å². The van der Waals surface area contributed by atoms with Gasteiger partial charge in [0.05, 0.1) is 24.7 Å². The van der Waals surface area contributed by atoms with Crippen LogP contribution >= 0.6 is 0 Å². The van der Waals surface area contributed by atoms with Gasteiger partial charge in [0.15, 0.2) is 5.75 Å². The van der Waals surface area contributed by atoms with Gasteiger partial charge >= 0.3 is 5.69 Å². The minimum Gasteiger partial charge on any atom is -0.497 e. The lowest BCUT2D eigenvalue weighted by molar-refractivity contribution is -0.385.